The molecular formula is C14H15N5OS2. The zero-order valence-electron chi connectivity index (χ0n) is 12.5. The van der Waals surface area contributed by atoms with Gasteiger partial charge in [0.05, 0.1) is 16.8 Å². The summed E-state index contributed by atoms with van der Waals surface area (Å²) in [6, 6.07) is 5.55. The Labute approximate surface area is 135 Å². The van der Waals surface area contributed by atoms with Crippen LogP contribution in [0.1, 0.15) is 20.4 Å². The molecule has 3 rings (SSSR count). The highest BCUT2D eigenvalue weighted by Crippen LogP contribution is 2.28. The fourth-order valence-electron chi connectivity index (χ4n) is 1.91. The summed E-state index contributed by atoms with van der Waals surface area (Å²) in [7, 11) is 3.91. The molecule has 2 aromatic heterocycles. The van der Waals surface area contributed by atoms with Gasteiger partial charge in [0.25, 0.3) is 5.91 Å². The lowest BCUT2D eigenvalue weighted by Gasteiger charge is -2.04. The third kappa shape index (κ3) is 3.07. The van der Waals surface area contributed by atoms with Gasteiger partial charge in [-0.3, -0.25) is 4.79 Å². The summed E-state index contributed by atoms with van der Waals surface area (Å²) in [5, 5.41) is 13.4. The summed E-state index contributed by atoms with van der Waals surface area (Å²) in [5.74, 6) is -0.116. The van der Waals surface area contributed by atoms with Crippen LogP contribution >= 0.6 is 22.7 Å². The van der Waals surface area contributed by atoms with Crippen molar-refractivity contribution >= 4 is 43.9 Å². The first-order chi connectivity index (χ1) is 10.5. The van der Waals surface area contributed by atoms with E-state index in [-0.39, 0.29) is 5.91 Å². The molecule has 22 heavy (non-hydrogen) atoms. The van der Waals surface area contributed by atoms with Crippen molar-refractivity contribution in [2.75, 3.05) is 19.0 Å². The number of anilines is 1. The summed E-state index contributed by atoms with van der Waals surface area (Å²) in [5.41, 5.74) is 1.53. The molecule has 3 aromatic rings. The molecule has 6 nitrogen and oxygen atoms in total. The third-order valence-corrected chi connectivity index (χ3v) is 5.01. The van der Waals surface area contributed by atoms with Gasteiger partial charge in [0, 0.05) is 19.7 Å². The maximum absolute atomic E-state index is 12.2. The molecule has 0 aliphatic rings. The van der Waals surface area contributed by atoms with Gasteiger partial charge >= 0.3 is 0 Å². The van der Waals surface area contributed by atoms with Gasteiger partial charge in [0.15, 0.2) is 5.13 Å². The predicted molar refractivity (Wildman–Crippen MR) is 89.8 cm³/mol. The van der Waals surface area contributed by atoms with Gasteiger partial charge in [0.1, 0.15) is 10.0 Å². The number of hydrogen-bond acceptors (Lipinski definition) is 7. The Hall–Kier alpha value is -2.06. The zero-order valence-corrected chi connectivity index (χ0v) is 14.1. The van der Waals surface area contributed by atoms with Gasteiger partial charge in [-0.15, -0.1) is 10.2 Å². The van der Waals surface area contributed by atoms with Crippen LogP contribution in [0.4, 0.5) is 5.13 Å². The summed E-state index contributed by atoms with van der Waals surface area (Å²) >= 11 is 3.05. The predicted octanol–water partition coefficient (Wildman–Crippen LogP) is 2.45. The highest BCUT2D eigenvalue weighted by molar-refractivity contribution is 7.22. The van der Waals surface area contributed by atoms with E-state index >= 15 is 0 Å². The second-order valence-electron chi connectivity index (χ2n) is 4.97. The summed E-state index contributed by atoms with van der Waals surface area (Å²) < 4.78 is 1.00. The Bertz CT molecular complexity index is 824. The van der Waals surface area contributed by atoms with Gasteiger partial charge in [-0.1, -0.05) is 22.7 Å². The van der Waals surface area contributed by atoms with Crippen molar-refractivity contribution < 1.29 is 4.79 Å². The first kappa shape index (κ1) is 14.9. The SMILES string of the molecule is Cc1nnc(CNC(=O)c2ccc3nc(N(C)C)sc3c2)s1. The number of hydrogen-bond donors (Lipinski definition) is 1. The quantitative estimate of drug-likeness (QED) is 0.794. The molecule has 0 saturated heterocycles. The van der Waals surface area contributed by atoms with Crippen molar-refractivity contribution in [2.45, 2.75) is 13.5 Å². The summed E-state index contributed by atoms with van der Waals surface area (Å²) in [6.07, 6.45) is 0. The first-order valence-electron chi connectivity index (χ1n) is 6.68. The van der Waals surface area contributed by atoms with Crippen LogP contribution in [0, 0.1) is 6.92 Å². The lowest BCUT2D eigenvalue weighted by molar-refractivity contribution is 0.0951. The molecule has 8 heteroatoms. The standard InChI is InChI=1S/C14H15N5OS2/c1-8-17-18-12(21-8)7-15-13(20)9-4-5-10-11(6-9)22-14(16-10)19(2)3/h4-6H,7H2,1-3H3,(H,15,20). The fraction of sp³-hybridized carbons (Fsp3) is 0.286. The molecule has 1 amide bonds. The molecule has 114 valence electrons. The fourth-order valence-corrected chi connectivity index (χ4v) is 3.49. The van der Waals surface area contributed by atoms with Crippen LogP contribution in [0.25, 0.3) is 10.2 Å². The molecule has 0 spiro atoms. The topological polar surface area (TPSA) is 71.0 Å². The Balaban J connectivity index is 1.75. The van der Waals surface area contributed by atoms with E-state index in [4.69, 9.17) is 0 Å². The Morgan fingerprint density at radius 2 is 2.09 bits per heavy atom. The van der Waals surface area contributed by atoms with Crippen LogP contribution in [0.3, 0.4) is 0 Å². The normalized spacial score (nSPS) is 10.9. The first-order valence-corrected chi connectivity index (χ1v) is 8.31. The van der Waals surface area contributed by atoms with Gasteiger partial charge in [-0.25, -0.2) is 4.98 Å². The number of carbonyl (C=O) groups is 1. The number of thiazole rings is 1. The number of benzene rings is 1. The average molecular weight is 333 g/mol. The number of nitrogens with one attached hydrogen (secondary N) is 1. The lowest BCUT2D eigenvalue weighted by atomic mass is 10.2. The van der Waals surface area contributed by atoms with Gasteiger partial charge in [-0.05, 0) is 25.1 Å². The molecule has 0 atom stereocenters. The average Bonchev–Trinajstić information content (AvgIpc) is 3.09. The van der Waals surface area contributed by atoms with E-state index in [0.29, 0.717) is 12.1 Å². The molecule has 0 aliphatic carbocycles. The molecule has 0 saturated carbocycles. The van der Waals surface area contributed by atoms with Crippen LogP contribution in [0.5, 0.6) is 0 Å². The highest BCUT2D eigenvalue weighted by Gasteiger charge is 2.11. The minimum atomic E-state index is -0.116. The van der Waals surface area contributed by atoms with E-state index in [2.05, 4.69) is 20.5 Å². The van der Waals surface area contributed by atoms with Crippen LogP contribution < -0.4 is 10.2 Å². The molecule has 1 aromatic carbocycles. The summed E-state index contributed by atoms with van der Waals surface area (Å²) in [6.45, 7) is 2.29. The number of amides is 1. The Kier molecular flexibility index (Phi) is 4.04. The van der Waals surface area contributed by atoms with E-state index < -0.39 is 0 Å². The van der Waals surface area contributed by atoms with E-state index in [1.807, 2.05) is 38.1 Å². The monoisotopic (exact) mass is 333 g/mol. The van der Waals surface area contributed by atoms with E-state index in [0.717, 1.165) is 25.4 Å². The smallest absolute Gasteiger partial charge is 0.251 e. The van der Waals surface area contributed by atoms with Gasteiger partial charge in [-0.2, -0.15) is 0 Å². The maximum Gasteiger partial charge on any atom is 0.251 e. The van der Waals surface area contributed by atoms with Crippen LogP contribution in [0.2, 0.25) is 0 Å². The van der Waals surface area contributed by atoms with Crippen molar-refractivity contribution in [2.24, 2.45) is 0 Å². The van der Waals surface area contributed by atoms with Crippen LogP contribution in [-0.2, 0) is 6.54 Å². The largest absolute Gasteiger partial charge is 0.354 e. The third-order valence-electron chi connectivity index (χ3n) is 2.99. The molecule has 0 bridgehead atoms. The molecule has 0 unspecified atom stereocenters. The number of nitrogens with zero attached hydrogens (tertiary/aromatic N) is 4. The molecule has 1 N–H and O–H groups in total. The highest BCUT2D eigenvalue weighted by atomic mass is 32.1. The maximum atomic E-state index is 12.2. The van der Waals surface area contributed by atoms with Crippen LogP contribution in [-0.4, -0.2) is 35.2 Å². The second kappa shape index (κ2) is 5.98. The van der Waals surface area contributed by atoms with Gasteiger partial charge < -0.3 is 10.2 Å². The number of aromatic nitrogens is 3. The molecule has 0 fully saturated rings. The van der Waals surface area contributed by atoms with Crippen molar-refractivity contribution in [3.05, 3.63) is 33.8 Å². The van der Waals surface area contributed by atoms with Crippen LogP contribution in [0.15, 0.2) is 18.2 Å². The van der Waals surface area contributed by atoms with Gasteiger partial charge in [0.2, 0.25) is 0 Å². The van der Waals surface area contributed by atoms with Crippen molar-refractivity contribution in [1.82, 2.24) is 20.5 Å². The van der Waals surface area contributed by atoms with Crippen molar-refractivity contribution in [3.63, 3.8) is 0 Å². The van der Waals surface area contributed by atoms with E-state index in [9.17, 15) is 4.79 Å². The number of aryl methyl sites for hydroxylation is 1. The molecule has 2 heterocycles. The molecule has 0 radical (unpaired) electrons. The van der Waals surface area contributed by atoms with E-state index in [1.165, 1.54) is 11.3 Å². The number of fused-ring (bicyclic) bond motifs is 1. The van der Waals surface area contributed by atoms with Crippen molar-refractivity contribution in [1.29, 1.82) is 0 Å². The Morgan fingerprint density at radius 3 is 2.77 bits per heavy atom. The minimum Gasteiger partial charge on any atom is -0.354 e. The minimum absolute atomic E-state index is 0.116. The number of rotatable bonds is 4. The zero-order chi connectivity index (χ0) is 15.7. The molecule has 0 aliphatic heterocycles. The Morgan fingerprint density at radius 1 is 1.27 bits per heavy atom. The molecular weight excluding hydrogens is 318 g/mol. The number of carbonyl (C=O) groups excluding carboxylic acids is 1. The summed E-state index contributed by atoms with van der Waals surface area (Å²) in [4.78, 5) is 18.7. The van der Waals surface area contributed by atoms with Crippen molar-refractivity contribution in [3.8, 4) is 0 Å². The van der Waals surface area contributed by atoms with E-state index in [1.54, 1.807) is 17.4 Å². The second-order valence-corrected chi connectivity index (χ2v) is 7.25. The lowest BCUT2D eigenvalue weighted by Crippen LogP contribution is -2.22.